The fraction of sp³-hybridized carbons (Fsp3) is 0.800. The van der Waals surface area contributed by atoms with Crippen molar-refractivity contribution >= 4 is 0 Å². The van der Waals surface area contributed by atoms with Gasteiger partial charge in [0.15, 0.2) is 6.10 Å². The predicted molar refractivity (Wildman–Crippen MR) is 26.8 cm³/mol. The highest BCUT2D eigenvalue weighted by Gasteiger charge is 2.13. The minimum Gasteiger partial charge on any atom is -0.375 e. The summed E-state index contributed by atoms with van der Waals surface area (Å²) in [5.41, 5.74) is 0. The van der Waals surface area contributed by atoms with Crippen LogP contribution in [0.5, 0.6) is 0 Å². The van der Waals surface area contributed by atoms with Crippen LogP contribution < -0.4 is 0 Å². The van der Waals surface area contributed by atoms with E-state index < -0.39 is 12.3 Å². The number of nitriles is 1. The molecule has 2 unspecified atom stereocenters. The molecule has 0 aliphatic heterocycles. The Morgan fingerprint density at radius 1 is 1.88 bits per heavy atom. The smallest absolute Gasteiger partial charge is 0.171 e. The molecule has 2 atom stereocenters. The lowest BCUT2D eigenvalue weighted by Gasteiger charge is -2.02. The van der Waals surface area contributed by atoms with E-state index in [-0.39, 0.29) is 6.42 Å². The number of halogens is 1. The maximum atomic E-state index is 12.1. The SMILES string of the molecule is CCC(F)C(O)C#N. The first kappa shape index (κ1) is 7.38. The van der Waals surface area contributed by atoms with Crippen LogP contribution in [-0.4, -0.2) is 17.4 Å². The Kier molecular flexibility index (Phi) is 3.13. The lowest BCUT2D eigenvalue weighted by Crippen LogP contribution is -2.17. The molecule has 0 aliphatic rings. The van der Waals surface area contributed by atoms with Gasteiger partial charge in [-0.25, -0.2) is 4.39 Å². The first-order chi connectivity index (χ1) is 3.72. The second-order valence-corrected chi connectivity index (χ2v) is 1.50. The topological polar surface area (TPSA) is 44.0 Å². The average Bonchev–Trinajstić information content (AvgIpc) is 1.84. The summed E-state index contributed by atoms with van der Waals surface area (Å²) in [6, 6.07) is 1.40. The van der Waals surface area contributed by atoms with Gasteiger partial charge in [0.2, 0.25) is 0 Å². The molecule has 0 spiro atoms. The fourth-order valence-corrected chi connectivity index (χ4v) is 0.304. The highest BCUT2D eigenvalue weighted by molar-refractivity contribution is 4.87. The minimum atomic E-state index is -1.44. The van der Waals surface area contributed by atoms with Crippen LogP contribution in [0.15, 0.2) is 0 Å². The van der Waals surface area contributed by atoms with Crippen molar-refractivity contribution < 1.29 is 9.50 Å². The van der Waals surface area contributed by atoms with Crippen LogP contribution >= 0.6 is 0 Å². The van der Waals surface area contributed by atoms with Gasteiger partial charge in [0.1, 0.15) is 6.17 Å². The number of alkyl halides is 1. The van der Waals surface area contributed by atoms with E-state index in [1.165, 1.54) is 6.07 Å². The molecular formula is C5H8FNO. The van der Waals surface area contributed by atoms with E-state index in [9.17, 15) is 4.39 Å². The zero-order valence-corrected chi connectivity index (χ0v) is 4.63. The predicted octanol–water partition coefficient (Wildman–Crippen LogP) is 0.619. The van der Waals surface area contributed by atoms with Crippen LogP contribution in [0.25, 0.3) is 0 Å². The van der Waals surface area contributed by atoms with Gasteiger partial charge in [0.05, 0.1) is 6.07 Å². The van der Waals surface area contributed by atoms with Gasteiger partial charge >= 0.3 is 0 Å². The van der Waals surface area contributed by atoms with E-state index in [0.717, 1.165) is 0 Å². The minimum absolute atomic E-state index is 0.189. The number of aliphatic hydroxyl groups excluding tert-OH is 1. The second-order valence-electron chi connectivity index (χ2n) is 1.50. The van der Waals surface area contributed by atoms with Crippen molar-refractivity contribution in [2.45, 2.75) is 25.6 Å². The number of rotatable bonds is 2. The van der Waals surface area contributed by atoms with Crippen molar-refractivity contribution in [1.82, 2.24) is 0 Å². The van der Waals surface area contributed by atoms with E-state index in [1.807, 2.05) is 0 Å². The van der Waals surface area contributed by atoms with Crippen LogP contribution in [0.4, 0.5) is 4.39 Å². The van der Waals surface area contributed by atoms with Crippen molar-refractivity contribution in [2.24, 2.45) is 0 Å². The summed E-state index contributed by atoms with van der Waals surface area (Å²) < 4.78 is 12.1. The lowest BCUT2D eigenvalue weighted by atomic mass is 10.2. The van der Waals surface area contributed by atoms with Crippen LogP contribution in [0, 0.1) is 11.3 Å². The summed E-state index contributed by atoms with van der Waals surface area (Å²) in [5.74, 6) is 0. The molecular weight excluding hydrogens is 109 g/mol. The van der Waals surface area contributed by atoms with E-state index in [2.05, 4.69) is 0 Å². The maximum absolute atomic E-state index is 12.1. The molecule has 1 N–H and O–H groups in total. The summed E-state index contributed by atoms with van der Waals surface area (Å²) in [4.78, 5) is 0. The van der Waals surface area contributed by atoms with Crippen LogP contribution in [0.1, 0.15) is 13.3 Å². The molecule has 0 aromatic heterocycles. The first-order valence-electron chi connectivity index (χ1n) is 2.44. The molecule has 0 rings (SSSR count). The third-order valence-corrected chi connectivity index (χ3v) is 0.865. The van der Waals surface area contributed by atoms with E-state index in [0.29, 0.717) is 0 Å². The second kappa shape index (κ2) is 3.39. The zero-order chi connectivity index (χ0) is 6.57. The van der Waals surface area contributed by atoms with Crippen molar-refractivity contribution in [1.29, 1.82) is 5.26 Å². The highest BCUT2D eigenvalue weighted by Crippen LogP contribution is 2.01. The summed E-state index contributed by atoms with van der Waals surface area (Å²) >= 11 is 0. The van der Waals surface area contributed by atoms with Crippen molar-refractivity contribution in [2.75, 3.05) is 0 Å². The molecule has 0 aromatic rings. The maximum Gasteiger partial charge on any atom is 0.171 e. The molecule has 0 saturated carbocycles. The van der Waals surface area contributed by atoms with Gasteiger partial charge in [0, 0.05) is 0 Å². The number of aliphatic hydroxyl groups is 1. The third kappa shape index (κ3) is 1.90. The Hall–Kier alpha value is -0.620. The molecule has 2 nitrogen and oxygen atoms in total. The normalized spacial score (nSPS) is 16.8. The number of hydrogen-bond acceptors (Lipinski definition) is 2. The first-order valence-corrected chi connectivity index (χ1v) is 2.44. The number of nitrogens with zero attached hydrogens (tertiary/aromatic N) is 1. The molecule has 8 heavy (non-hydrogen) atoms. The Labute approximate surface area is 47.6 Å². The Bertz CT molecular complexity index is 99.1. The Morgan fingerprint density at radius 3 is 2.50 bits per heavy atom. The van der Waals surface area contributed by atoms with Crippen LogP contribution in [0.3, 0.4) is 0 Å². The van der Waals surface area contributed by atoms with Gasteiger partial charge in [-0.1, -0.05) is 6.92 Å². The molecule has 0 heterocycles. The molecule has 0 bridgehead atoms. The van der Waals surface area contributed by atoms with Gasteiger partial charge < -0.3 is 5.11 Å². The molecule has 0 aromatic carbocycles. The molecule has 0 saturated heterocycles. The highest BCUT2D eigenvalue weighted by atomic mass is 19.1. The van der Waals surface area contributed by atoms with Gasteiger partial charge in [-0.2, -0.15) is 5.26 Å². The molecule has 3 heteroatoms. The van der Waals surface area contributed by atoms with E-state index in [4.69, 9.17) is 10.4 Å². The Balaban J connectivity index is 3.49. The van der Waals surface area contributed by atoms with Gasteiger partial charge in [-0.05, 0) is 6.42 Å². The molecule has 0 aliphatic carbocycles. The largest absolute Gasteiger partial charge is 0.375 e. The zero-order valence-electron chi connectivity index (χ0n) is 4.63. The van der Waals surface area contributed by atoms with Crippen molar-refractivity contribution in [3.05, 3.63) is 0 Å². The van der Waals surface area contributed by atoms with Gasteiger partial charge in [0.25, 0.3) is 0 Å². The standard InChI is InChI=1S/C5H8FNO/c1-2-4(6)5(8)3-7/h4-5,8H,2H2,1H3. The molecule has 0 radical (unpaired) electrons. The van der Waals surface area contributed by atoms with Crippen LogP contribution in [0.2, 0.25) is 0 Å². The fourth-order valence-electron chi connectivity index (χ4n) is 0.304. The quantitative estimate of drug-likeness (QED) is 0.539. The molecule has 0 fully saturated rings. The summed E-state index contributed by atoms with van der Waals surface area (Å²) in [6.45, 7) is 1.57. The molecule has 0 amide bonds. The molecule has 46 valence electrons. The average molecular weight is 117 g/mol. The summed E-state index contributed by atoms with van der Waals surface area (Å²) in [5, 5.41) is 16.3. The van der Waals surface area contributed by atoms with Crippen molar-refractivity contribution in [3.63, 3.8) is 0 Å². The third-order valence-electron chi connectivity index (χ3n) is 0.865. The van der Waals surface area contributed by atoms with E-state index in [1.54, 1.807) is 6.92 Å². The van der Waals surface area contributed by atoms with E-state index >= 15 is 0 Å². The number of hydrogen-bond donors (Lipinski definition) is 1. The summed E-state index contributed by atoms with van der Waals surface area (Å²) in [6.07, 6.45) is -2.64. The lowest BCUT2D eigenvalue weighted by molar-refractivity contribution is 0.119. The Morgan fingerprint density at radius 2 is 2.38 bits per heavy atom. The van der Waals surface area contributed by atoms with Gasteiger partial charge in [-0.15, -0.1) is 0 Å². The van der Waals surface area contributed by atoms with Crippen LogP contribution in [-0.2, 0) is 0 Å². The van der Waals surface area contributed by atoms with Gasteiger partial charge in [-0.3, -0.25) is 0 Å². The van der Waals surface area contributed by atoms with Crippen molar-refractivity contribution in [3.8, 4) is 6.07 Å². The monoisotopic (exact) mass is 117 g/mol. The summed E-state index contributed by atoms with van der Waals surface area (Å²) in [7, 11) is 0.